The van der Waals surface area contributed by atoms with Crippen LogP contribution >= 0.6 is 23.2 Å². The van der Waals surface area contributed by atoms with Gasteiger partial charge in [-0.2, -0.15) is 0 Å². The normalized spacial score (nSPS) is 21.7. The lowest BCUT2D eigenvalue weighted by Crippen LogP contribution is -2.00. The molecule has 4 nitrogen and oxygen atoms in total. The molecule has 1 heterocycles. The van der Waals surface area contributed by atoms with Crippen molar-refractivity contribution in [3.63, 3.8) is 0 Å². The summed E-state index contributed by atoms with van der Waals surface area (Å²) in [4.78, 5) is 15.4. The van der Waals surface area contributed by atoms with Gasteiger partial charge in [-0.3, -0.25) is 9.78 Å². The van der Waals surface area contributed by atoms with E-state index in [-0.39, 0.29) is 17.9 Å². The van der Waals surface area contributed by atoms with Crippen LogP contribution in [0.15, 0.2) is 54.7 Å². The molecule has 1 saturated carbocycles. The van der Waals surface area contributed by atoms with Crippen molar-refractivity contribution in [2.45, 2.75) is 18.4 Å². The fourth-order valence-electron chi connectivity index (χ4n) is 3.70. The summed E-state index contributed by atoms with van der Waals surface area (Å²) in [5.41, 5.74) is 4.81. The Morgan fingerprint density at radius 2 is 1.89 bits per heavy atom. The first-order valence-electron chi connectivity index (χ1n) is 8.97. The minimum absolute atomic E-state index is 0.00241. The van der Waals surface area contributed by atoms with Crippen molar-refractivity contribution in [2.75, 3.05) is 0 Å². The summed E-state index contributed by atoms with van der Waals surface area (Å²) in [6, 6.07) is 15.5. The summed E-state index contributed by atoms with van der Waals surface area (Å²) in [5, 5.41) is 10.1. The Hall–Kier alpha value is -2.56. The number of halogens is 2. The monoisotopic (exact) mass is 411 g/mol. The molecule has 0 bridgehead atoms. The highest BCUT2D eigenvalue weighted by Crippen LogP contribution is 2.55. The van der Waals surface area contributed by atoms with Gasteiger partial charge < -0.3 is 9.84 Å². The molecular formula is C22H15Cl2NO3. The van der Waals surface area contributed by atoms with Crippen LogP contribution in [0.3, 0.4) is 0 Å². The van der Waals surface area contributed by atoms with Gasteiger partial charge in [-0.1, -0.05) is 53.5 Å². The zero-order chi connectivity index (χ0) is 19.4. The Balaban J connectivity index is 1.38. The second-order valence-corrected chi connectivity index (χ2v) is 7.90. The summed E-state index contributed by atoms with van der Waals surface area (Å²) >= 11 is 12.7. The van der Waals surface area contributed by atoms with Crippen LogP contribution in [0.1, 0.15) is 35.3 Å². The second kappa shape index (κ2) is 6.50. The predicted molar refractivity (Wildman–Crippen MR) is 107 cm³/mol. The van der Waals surface area contributed by atoms with Crippen LogP contribution in [0.25, 0.3) is 11.1 Å². The van der Waals surface area contributed by atoms with Crippen molar-refractivity contribution < 1.29 is 14.6 Å². The highest BCUT2D eigenvalue weighted by atomic mass is 35.5. The van der Waals surface area contributed by atoms with E-state index >= 15 is 0 Å². The van der Waals surface area contributed by atoms with Crippen molar-refractivity contribution in [1.29, 1.82) is 0 Å². The molecule has 0 spiro atoms. The van der Waals surface area contributed by atoms with Gasteiger partial charge in [-0.05, 0) is 35.7 Å². The van der Waals surface area contributed by atoms with E-state index in [1.165, 1.54) is 0 Å². The maximum atomic E-state index is 11.0. The van der Waals surface area contributed by atoms with Gasteiger partial charge in [0.25, 0.3) is 0 Å². The summed E-state index contributed by atoms with van der Waals surface area (Å²) in [6.45, 7) is 0. The smallest absolute Gasteiger partial charge is 0.307 e. The molecule has 28 heavy (non-hydrogen) atoms. The van der Waals surface area contributed by atoms with E-state index in [1.54, 1.807) is 6.20 Å². The molecular weight excluding hydrogens is 397 g/mol. The molecule has 5 rings (SSSR count). The van der Waals surface area contributed by atoms with Gasteiger partial charge in [0.05, 0.1) is 22.2 Å². The number of pyridine rings is 1. The van der Waals surface area contributed by atoms with Gasteiger partial charge in [0, 0.05) is 22.7 Å². The predicted octanol–water partition coefficient (Wildman–Crippen LogP) is 5.73. The van der Waals surface area contributed by atoms with Crippen LogP contribution < -0.4 is 4.74 Å². The first-order valence-corrected chi connectivity index (χ1v) is 9.73. The van der Waals surface area contributed by atoms with Crippen LogP contribution in [-0.4, -0.2) is 16.1 Å². The first-order chi connectivity index (χ1) is 13.5. The van der Waals surface area contributed by atoms with Gasteiger partial charge in [-0.15, -0.1) is 0 Å². The zero-order valence-corrected chi connectivity index (χ0v) is 16.1. The van der Waals surface area contributed by atoms with Crippen LogP contribution in [0, 0.1) is 5.92 Å². The lowest BCUT2D eigenvalue weighted by Gasteiger charge is -2.06. The average Bonchev–Trinajstić information content (AvgIpc) is 3.61. The topological polar surface area (TPSA) is 59.4 Å². The largest absolute Gasteiger partial charge is 0.481 e. The number of hydrogen-bond donors (Lipinski definition) is 1. The molecule has 3 aromatic rings. The second-order valence-electron chi connectivity index (χ2n) is 7.12. The molecule has 6 heteroatoms. The summed E-state index contributed by atoms with van der Waals surface area (Å²) in [7, 11) is 0. The molecule has 0 saturated heterocycles. The molecule has 2 aliphatic rings. The number of aromatic nitrogens is 1. The Kier molecular flexibility index (Phi) is 4.07. The number of fused-ring (bicyclic) bond motifs is 1. The van der Waals surface area contributed by atoms with Crippen molar-refractivity contribution in [3.05, 3.63) is 81.6 Å². The van der Waals surface area contributed by atoms with E-state index in [1.807, 2.05) is 48.5 Å². The molecule has 1 aromatic heterocycles. The Labute approximate surface area is 171 Å². The van der Waals surface area contributed by atoms with E-state index in [2.05, 4.69) is 4.98 Å². The molecule has 2 aliphatic carbocycles. The third-order valence-electron chi connectivity index (χ3n) is 5.32. The van der Waals surface area contributed by atoms with E-state index in [0.29, 0.717) is 22.2 Å². The molecule has 0 amide bonds. The van der Waals surface area contributed by atoms with Crippen molar-refractivity contribution >= 4 is 29.2 Å². The third-order valence-corrected chi connectivity index (χ3v) is 6.13. The third kappa shape index (κ3) is 2.93. The fraction of sp³-hybridized carbons (Fsp3) is 0.182. The molecule has 0 radical (unpaired) electrons. The lowest BCUT2D eigenvalue weighted by atomic mass is 10.1. The summed E-state index contributed by atoms with van der Waals surface area (Å²) < 4.78 is 6.10. The number of ether oxygens (including phenoxy) is 1. The quantitative estimate of drug-likeness (QED) is 0.582. The Bertz CT molecular complexity index is 1080. The number of rotatable bonds is 5. The number of hydrogen-bond acceptors (Lipinski definition) is 3. The van der Waals surface area contributed by atoms with E-state index in [0.717, 1.165) is 27.9 Å². The van der Waals surface area contributed by atoms with E-state index < -0.39 is 5.97 Å². The first kappa shape index (κ1) is 17.5. The highest BCUT2D eigenvalue weighted by Gasteiger charge is 2.45. The fourth-order valence-corrected chi connectivity index (χ4v) is 4.17. The van der Waals surface area contributed by atoms with Crippen molar-refractivity contribution in [3.8, 4) is 16.9 Å². The zero-order valence-electron chi connectivity index (χ0n) is 14.6. The van der Waals surface area contributed by atoms with E-state index in [9.17, 15) is 4.79 Å². The number of nitrogens with zero attached hydrogens (tertiary/aromatic N) is 1. The minimum Gasteiger partial charge on any atom is -0.481 e. The molecule has 0 aliphatic heterocycles. The SMILES string of the molecule is O=C(O)[C@H]1C[C@@H]1c1ccc(O[C@H]2c3c(-c4ccccc4)cc(Cl)c(Cl)c32)cn1. The number of benzene rings is 2. The van der Waals surface area contributed by atoms with Crippen LogP contribution in [-0.2, 0) is 4.79 Å². The standard InChI is InChI=1S/C22H15Cl2NO3/c23-16-9-13(11-4-2-1-3-5-11)18-19(20(16)24)21(18)28-12-6-7-17(25-10-12)14-8-15(14)22(26)27/h1-7,9-10,14-15,21H,8H2,(H,26,27)/t14-,15-,21-/m0/s1. The van der Waals surface area contributed by atoms with Gasteiger partial charge in [0.15, 0.2) is 6.10 Å². The summed E-state index contributed by atoms with van der Waals surface area (Å²) in [5.74, 6) is -0.465. The molecule has 0 unspecified atom stereocenters. The highest BCUT2D eigenvalue weighted by molar-refractivity contribution is 6.43. The van der Waals surface area contributed by atoms with Crippen LogP contribution in [0.5, 0.6) is 5.75 Å². The maximum absolute atomic E-state index is 11.0. The Morgan fingerprint density at radius 3 is 2.54 bits per heavy atom. The van der Waals surface area contributed by atoms with Crippen molar-refractivity contribution in [2.24, 2.45) is 5.92 Å². The molecule has 1 N–H and O–H groups in total. The van der Waals surface area contributed by atoms with E-state index in [4.69, 9.17) is 33.0 Å². The molecule has 140 valence electrons. The van der Waals surface area contributed by atoms with Gasteiger partial charge in [0.2, 0.25) is 0 Å². The van der Waals surface area contributed by atoms with Gasteiger partial charge in [-0.25, -0.2) is 0 Å². The molecule has 3 atom stereocenters. The summed E-state index contributed by atoms with van der Waals surface area (Å²) in [6.07, 6.45) is 2.03. The van der Waals surface area contributed by atoms with Gasteiger partial charge in [0.1, 0.15) is 5.75 Å². The molecule has 2 aromatic carbocycles. The average molecular weight is 412 g/mol. The number of carboxylic acid groups (broad SMARTS) is 1. The number of carbonyl (C=O) groups is 1. The van der Waals surface area contributed by atoms with Crippen molar-refractivity contribution in [1.82, 2.24) is 4.98 Å². The minimum atomic E-state index is -0.763. The number of carboxylic acids is 1. The molecule has 1 fully saturated rings. The van der Waals surface area contributed by atoms with Crippen LogP contribution in [0.4, 0.5) is 0 Å². The maximum Gasteiger partial charge on any atom is 0.307 e. The van der Waals surface area contributed by atoms with Gasteiger partial charge >= 0.3 is 5.97 Å². The number of aliphatic carboxylic acids is 1. The van der Waals surface area contributed by atoms with Crippen LogP contribution in [0.2, 0.25) is 10.0 Å². The Morgan fingerprint density at radius 1 is 1.11 bits per heavy atom. The lowest BCUT2D eigenvalue weighted by molar-refractivity contribution is -0.138.